The molecule has 0 aliphatic carbocycles. The van der Waals surface area contributed by atoms with Gasteiger partial charge < -0.3 is 5.92 Å². The van der Waals surface area contributed by atoms with Crippen LogP contribution in [0.1, 0.15) is 65.7 Å². The second-order valence-corrected chi connectivity index (χ2v) is 3.52. The largest absolute Gasteiger partial charge is 1.00 e. The van der Waals surface area contributed by atoms with Crippen molar-refractivity contribution in [2.45, 2.75) is 65.7 Å². The van der Waals surface area contributed by atoms with Gasteiger partial charge in [0.2, 0.25) is 0 Å². The van der Waals surface area contributed by atoms with E-state index >= 15 is 0 Å². The fraction of sp³-hybridized carbons (Fsp3) is 0.909. The second kappa shape index (κ2) is 11.6. The summed E-state index contributed by atoms with van der Waals surface area (Å²) in [6, 6.07) is 0. The molecule has 0 spiro atoms. The number of rotatable bonds is 7. The molecule has 0 aromatic rings. The summed E-state index contributed by atoms with van der Waals surface area (Å²) in [6.45, 7) is 6.84. The monoisotopic (exact) mass is 162 g/mol. The summed E-state index contributed by atoms with van der Waals surface area (Å²) in [5.74, 6) is 1.71. The van der Waals surface area contributed by atoms with Crippen molar-refractivity contribution >= 4 is 0 Å². The van der Waals surface area contributed by atoms with Gasteiger partial charge in [-0.25, -0.2) is 0 Å². The standard InChI is InChI=1S/C11H23.Li/c1-4-6-8-10-11(3)9-7-5-2;/h4-10H2,1-3H3;/q-1;+1. The minimum atomic E-state index is 0. The molecule has 0 unspecified atom stereocenters. The maximum absolute atomic E-state index is 2.31. The minimum Gasteiger partial charge on any atom is -0.317 e. The van der Waals surface area contributed by atoms with Crippen molar-refractivity contribution in [3.05, 3.63) is 5.92 Å². The summed E-state index contributed by atoms with van der Waals surface area (Å²) < 4.78 is 0. The Morgan fingerprint density at radius 3 is 1.83 bits per heavy atom. The van der Waals surface area contributed by atoms with E-state index in [4.69, 9.17) is 0 Å². The summed E-state index contributed by atoms with van der Waals surface area (Å²) >= 11 is 0. The van der Waals surface area contributed by atoms with E-state index in [1.165, 1.54) is 44.9 Å². The fourth-order valence-corrected chi connectivity index (χ4v) is 1.28. The van der Waals surface area contributed by atoms with Crippen molar-refractivity contribution in [2.75, 3.05) is 0 Å². The van der Waals surface area contributed by atoms with Crippen LogP contribution in [0, 0.1) is 5.92 Å². The fourth-order valence-electron chi connectivity index (χ4n) is 1.28. The first kappa shape index (κ1) is 15.1. The van der Waals surface area contributed by atoms with Crippen LogP contribution in [0.5, 0.6) is 0 Å². The quantitative estimate of drug-likeness (QED) is 0.301. The van der Waals surface area contributed by atoms with E-state index in [2.05, 4.69) is 20.8 Å². The Bertz CT molecular complexity index is 71.4. The van der Waals surface area contributed by atoms with Gasteiger partial charge in [-0.1, -0.05) is 46.0 Å². The maximum atomic E-state index is 2.31. The van der Waals surface area contributed by atoms with Crippen molar-refractivity contribution in [1.29, 1.82) is 0 Å². The molecule has 68 valence electrons. The first-order valence-corrected chi connectivity index (χ1v) is 5.12. The molecule has 0 saturated carbocycles. The Hall–Kier alpha value is 0.597. The van der Waals surface area contributed by atoms with Crippen molar-refractivity contribution in [2.24, 2.45) is 0 Å². The Balaban J connectivity index is 0. The van der Waals surface area contributed by atoms with Gasteiger partial charge in [0.25, 0.3) is 0 Å². The van der Waals surface area contributed by atoms with Gasteiger partial charge in [0.1, 0.15) is 0 Å². The molecule has 0 N–H and O–H groups in total. The van der Waals surface area contributed by atoms with Gasteiger partial charge in [-0.2, -0.15) is 19.8 Å². The van der Waals surface area contributed by atoms with Gasteiger partial charge in [0, 0.05) is 0 Å². The van der Waals surface area contributed by atoms with Gasteiger partial charge in [0.15, 0.2) is 0 Å². The van der Waals surface area contributed by atoms with Gasteiger partial charge in [-0.05, 0) is 0 Å². The molecule has 0 aliphatic heterocycles. The van der Waals surface area contributed by atoms with Crippen molar-refractivity contribution in [1.82, 2.24) is 0 Å². The third-order valence-electron chi connectivity index (χ3n) is 2.16. The Morgan fingerprint density at radius 1 is 0.833 bits per heavy atom. The zero-order valence-electron chi connectivity index (χ0n) is 9.45. The molecule has 1 heteroatoms. The third kappa shape index (κ3) is 10.6. The first-order chi connectivity index (χ1) is 5.31. The maximum Gasteiger partial charge on any atom is 1.00 e. The van der Waals surface area contributed by atoms with E-state index in [1.807, 2.05) is 0 Å². The van der Waals surface area contributed by atoms with E-state index in [0.29, 0.717) is 0 Å². The molecule has 0 saturated heterocycles. The molecule has 0 fully saturated rings. The molecular formula is C11H23Li. The van der Waals surface area contributed by atoms with Gasteiger partial charge in [0.05, 0.1) is 0 Å². The summed E-state index contributed by atoms with van der Waals surface area (Å²) in [7, 11) is 0. The molecular weight excluding hydrogens is 139 g/mol. The van der Waals surface area contributed by atoms with Crippen molar-refractivity contribution in [3.63, 3.8) is 0 Å². The Kier molecular flexibility index (Phi) is 14.6. The molecule has 0 aromatic carbocycles. The van der Waals surface area contributed by atoms with Crippen LogP contribution in [-0.2, 0) is 0 Å². The molecule has 0 radical (unpaired) electrons. The number of unbranched alkanes of at least 4 members (excludes halogenated alkanes) is 3. The molecule has 0 aliphatic rings. The van der Waals surface area contributed by atoms with E-state index in [0.717, 1.165) is 0 Å². The van der Waals surface area contributed by atoms with Crippen molar-refractivity contribution < 1.29 is 18.9 Å². The molecule has 0 nitrogen and oxygen atoms in total. The average Bonchev–Trinajstić information content (AvgIpc) is 2.01. The van der Waals surface area contributed by atoms with Crippen LogP contribution in [0.4, 0.5) is 0 Å². The van der Waals surface area contributed by atoms with E-state index in [-0.39, 0.29) is 18.9 Å². The molecule has 0 heterocycles. The zero-order valence-corrected chi connectivity index (χ0v) is 9.45. The number of hydrogen-bond donors (Lipinski definition) is 0. The molecule has 12 heavy (non-hydrogen) atoms. The smallest absolute Gasteiger partial charge is 0.317 e. The van der Waals surface area contributed by atoms with E-state index in [1.54, 1.807) is 5.92 Å². The SMILES string of the molecule is CCCCC[C-](C)CCCC.[Li+]. The summed E-state index contributed by atoms with van der Waals surface area (Å²) in [5.41, 5.74) is 0. The molecule has 0 amide bonds. The van der Waals surface area contributed by atoms with E-state index in [9.17, 15) is 0 Å². The van der Waals surface area contributed by atoms with Crippen LogP contribution in [0.15, 0.2) is 0 Å². The average molecular weight is 162 g/mol. The Morgan fingerprint density at radius 2 is 1.33 bits per heavy atom. The van der Waals surface area contributed by atoms with Crippen molar-refractivity contribution in [3.8, 4) is 0 Å². The van der Waals surface area contributed by atoms with Gasteiger partial charge >= 0.3 is 18.9 Å². The Labute approximate surface area is 90.7 Å². The first-order valence-electron chi connectivity index (χ1n) is 5.12. The number of hydrogen-bond acceptors (Lipinski definition) is 0. The normalized spacial score (nSPS) is 10.0. The van der Waals surface area contributed by atoms with Gasteiger partial charge in [-0.15, -0.1) is 0 Å². The molecule has 0 bridgehead atoms. The second-order valence-electron chi connectivity index (χ2n) is 3.52. The molecule has 0 rings (SSSR count). The molecule has 0 aromatic heterocycles. The topological polar surface area (TPSA) is 0 Å². The summed E-state index contributed by atoms with van der Waals surface area (Å²) in [6.07, 6.45) is 9.62. The zero-order chi connectivity index (χ0) is 8.53. The van der Waals surface area contributed by atoms with Gasteiger partial charge in [-0.3, -0.25) is 0 Å². The van der Waals surface area contributed by atoms with Crippen LogP contribution in [0.2, 0.25) is 0 Å². The van der Waals surface area contributed by atoms with Crippen LogP contribution >= 0.6 is 0 Å². The third-order valence-corrected chi connectivity index (χ3v) is 2.16. The predicted octanol–water partition coefficient (Wildman–Crippen LogP) is 1.36. The minimum absolute atomic E-state index is 0. The molecule has 0 atom stereocenters. The summed E-state index contributed by atoms with van der Waals surface area (Å²) in [5, 5.41) is 0. The summed E-state index contributed by atoms with van der Waals surface area (Å²) in [4.78, 5) is 0. The van der Waals surface area contributed by atoms with E-state index < -0.39 is 0 Å². The van der Waals surface area contributed by atoms with Crippen LogP contribution < -0.4 is 18.9 Å². The van der Waals surface area contributed by atoms with Crippen LogP contribution in [0.25, 0.3) is 0 Å². The predicted molar refractivity (Wildman–Crippen MR) is 52.6 cm³/mol. The van der Waals surface area contributed by atoms with Crippen LogP contribution in [0.3, 0.4) is 0 Å². The van der Waals surface area contributed by atoms with Crippen LogP contribution in [-0.4, -0.2) is 0 Å².